The molecule has 2 aliphatic rings. The average molecular weight is 245 g/mol. The molecule has 0 N–H and O–H groups in total. The lowest BCUT2D eigenvalue weighted by molar-refractivity contribution is -0.203. The van der Waals surface area contributed by atoms with Gasteiger partial charge >= 0.3 is 0 Å². The highest BCUT2D eigenvalue weighted by Gasteiger charge is 2.40. The smallest absolute Gasteiger partial charge is 0.0809 e. The molecule has 1 aromatic rings. The van der Waals surface area contributed by atoms with Crippen LogP contribution in [0.1, 0.15) is 57.1 Å². The van der Waals surface area contributed by atoms with Crippen LogP contribution in [0.4, 0.5) is 0 Å². The predicted molar refractivity (Wildman–Crippen MR) is 73.1 cm³/mol. The summed E-state index contributed by atoms with van der Waals surface area (Å²) >= 11 is 0. The van der Waals surface area contributed by atoms with Crippen molar-refractivity contribution in [1.29, 1.82) is 0 Å². The van der Waals surface area contributed by atoms with E-state index in [1.165, 1.54) is 44.1 Å². The van der Waals surface area contributed by atoms with Crippen molar-refractivity contribution in [1.82, 2.24) is 5.06 Å². The Morgan fingerprint density at radius 2 is 2.06 bits per heavy atom. The van der Waals surface area contributed by atoms with Crippen molar-refractivity contribution < 1.29 is 4.84 Å². The molecule has 2 saturated heterocycles. The second-order valence-corrected chi connectivity index (χ2v) is 5.62. The molecule has 2 heteroatoms. The first-order chi connectivity index (χ1) is 8.88. The first kappa shape index (κ1) is 12.2. The van der Waals surface area contributed by atoms with Crippen LogP contribution in [-0.2, 0) is 4.84 Å². The van der Waals surface area contributed by atoms with Crippen LogP contribution in [0.3, 0.4) is 0 Å². The molecule has 0 aliphatic carbocycles. The van der Waals surface area contributed by atoms with Gasteiger partial charge in [-0.15, -0.1) is 0 Å². The summed E-state index contributed by atoms with van der Waals surface area (Å²) in [5, 5.41) is 2.32. The Kier molecular flexibility index (Phi) is 3.67. The number of nitrogens with zero attached hydrogens (tertiary/aromatic N) is 1. The van der Waals surface area contributed by atoms with Crippen LogP contribution in [0.5, 0.6) is 0 Å². The van der Waals surface area contributed by atoms with Crippen molar-refractivity contribution in [3.8, 4) is 0 Å². The third-order valence-electron chi connectivity index (χ3n) is 4.28. The molecule has 0 bridgehead atoms. The SMILES string of the molecule is CCC[C@@H]1C[C@@H]2CCC[C@H](c3ccccc3)N2O1. The van der Waals surface area contributed by atoms with Crippen molar-refractivity contribution >= 4 is 0 Å². The third kappa shape index (κ3) is 2.32. The summed E-state index contributed by atoms with van der Waals surface area (Å²) in [6, 6.07) is 12.0. The molecule has 2 heterocycles. The molecule has 2 nitrogen and oxygen atoms in total. The van der Waals surface area contributed by atoms with Crippen LogP contribution in [-0.4, -0.2) is 17.2 Å². The molecule has 3 atom stereocenters. The third-order valence-corrected chi connectivity index (χ3v) is 4.28. The summed E-state index contributed by atoms with van der Waals surface area (Å²) in [5.74, 6) is 0. The van der Waals surface area contributed by atoms with E-state index >= 15 is 0 Å². The van der Waals surface area contributed by atoms with E-state index in [2.05, 4.69) is 42.3 Å². The van der Waals surface area contributed by atoms with Gasteiger partial charge in [-0.1, -0.05) is 43.7 Å². The lowest BCUT2D eigenvalue weighted by atomic mass is 9.91. The standard InChI is InChI=1S/C16H23NO/c1-2-7-15-12-14-10-6-11-16(17(14)18-15)13-8-4-3-5-9-13/h3-5,8-9,14-16H,2,6-7,10-12H2,1H3/t14-,15+,16+/m0/s1. The molecule has 0 aromatic heterocycles. The number of benzene rings is 1. The minimum absolute atomic E-state index is 0.462. The summed E-state index contributed by atoms with van der Waals surface area (Å²) < 4.78 is 0. The fraction of sp³-hybridized carbons (Fsp3) is 0.625. The molecule has 0 saturated carbocycles. The van der Waals surface area contributed by atoms with Crippen molar-refractivity contribution in [3.05, 3.63) is 35.9 Å². The van der Waals surface area contributed by atoms with Crippen LogP contribution < -0.4 is 0 Å². The Morgan fingerprint density at radius 1 is 1.22 bits per heavy atom. The maximum Gasteiger partial charge on any atom is 0.0809 e. The van der Waals surface area contributed by atoms with E-state index in [9.17, 15) is 0 Å². The molecule has 1 aromatic carbocycles. The second-order valence-electron chi connectivity index (χ2n) is 5.62. The minimum Gasteiger partial charge on any atom is -0.295 e. The summed E-state index contributed by atoms with van der Waals surface area (Å²) in [6.45, 7) is 2.25. The zero-order valence-electron chi connectivity index (χ0n) is 11.2. The Balaban J connectivity index is 1.76. The first-order valence-corrected chi connectivity index (χ1v) is 7.38. The van der Waals surface area contributed by atoms with E-state index < -0.39 is 0 Å². The average Bonchev–Trinajstić information content (AvgIpc) is 2.82. The fourth-order valence-electron chi connectivity index (χ4n) is 3.44. The van der Waals surface area contributed by atoms with Crippen molar-refractivity contribution in [2.75, 3.05) is 0 Å². The normalized spacial score (nSPS) is 32.4. The lowest BCUT2D eigenvalue weighted by Crippen LogP contribution is -2.36. The molecule has 0 unspecified atom stereocenters. The predicted octanol–water partition coefficient (Wildman–Crippen LogP) is 4.09. The van der Waals surface area contributed by atoms with Crippen LogP contribution >= 0.6 is 0 Å². The van der Waals surface area contributed by atoms with E-state index in [1.54, 1.807) is 0 Å². The molecule has 0 amide bonds. The fourth-order valence-corrected chi connectivity index (χ4v) is 3.44. The number of hydrogen-bond acceptors (Lipinski definition) is 2. The van der Waals surface area contributed by atoms with Crippen LogP contribution in [0.15, 0.2) is 30.3 Å². The second kappa shape index (κ2) is 5.41. The molecule has 3 rings (SSSR count). The van der Waals surface area contributed by atoms with Crippen molar-refractivity contribution in [3.63, 3.8) is 0 Å². The zero-order chi connectivity index (χ0) is 12.4. The van der Waals surface area contributed by atoms with Gasteiger partial charge in [0.05, 0.1) is 12.1 Å². The molecule has 0 spiro atoms. The number of fused-ring (bicyclic) bond motifs is 1. The van der Waals surface area contributed by atoms with Gasteiger partial charge in [0, 0.05) is 6.04 Å². The number of piperidine rings is 1. The van der Waals surface area contributed by atoms with E-state index in [0.717, 1.165) is 0 Å². The summed E-state index contributed by atoms with van der Waals surface area (Å²) in [5.41, 5.74) is 1.42. The van der Waals surface area contributed by atoms with Gasteiger partial charge in [-0.3, -0.25) is 4.84 Å². The molecule has 98 valence electrons. The minimum atomic E-state index is 0.462. The maximum absolute atomic E-state index is 6.21. The molecule has 2 aliphatic heterocycles. The summed E-state index contributed by atoms with van der Waals surface area (Å²) in [7, 11) is 0. The Morgan fingerprint density at radius 3 is 2.83 bits per heavy atom. The van der Waals surface area contributed by atoms with Crippen molar-refractivity contribution in [2.45, 2.75) is 63.6 Å². The molecule has 0 radical (unpaired) electrons. The zero-order valence-corrected chi connectivity index (χ0v) is 11.2. The number of hydrogen-bond donors (Lipinski definition) is 0. The Labute approximate surface area is 110 Å². The molecular formula is C16H23NO. The molecule has 18 heavy (non-hydrogen) atoms. The molecular weight excluding hydrogens is 222 g/mol. The van der Waals surface area contributed by atoms with Gasteiger partial charge < -0.3 is 0 Å². The Bertz CT molecular complexity index is 378. The lowest BCUT2D eigenvalue weighted by Gasteiger charge is -2.36. The number of hydroxylamine groups is 2. The van der Waals surface area contributed by atoms with Gasteiger partial charge in [0.1, 0.15) is 0 Å². The summed E-state index contributed by atoms with van der Waals surface area (Å²) in [6.07, 6.45) is 8.00. The van der Waals surface area contributed by atoms with Gasteiger partial charge in [0.2, 0.25) is 0 Å². The van der Waals surface area contributed by atoms with Crippen LogP contribution in [0, 0.1) is 0 Å². The largest absolute Gasteiger partial charge is 0.295 e. The monoisotopic (exact) mass is 245 g/mol. The summed E-state index contributed by atoms with van der Waals surface area (Å²) in [4.78, 5) is 6.21. The quantitative estimate of drug-likeness (QED) is 0.795. The van der Waals surface area contributed by atoms with E-state index in [1.807, 2.05) is 0 Å². The highest BCUT2D eigenvalue weighted by molar-refractivity contribution is 5.19. The topological polar surface area (TPSA) is 12.5 Å². The van der Waals surface area contributed by atoms with Gasteiger partial charge in [-0.25, -0.2) is 0 Å². The van der Waals surface area contributed by atoms with Gasteiger partial charge in [0.25, 0.3) is 0 Å². The van der Waals surface area contributed by atoms with Gasteiger partial charge in [-0.05, 0) is 37.7 Å². The van der Waals surface area contributed by atoms with Crippen molar-refractivity contribution in [2.24, 2.45) is 0 Å². The van der Waals surface area contributed by atoms with E-state index in [0.29, 0.717) is 18.2 Å². The van der Waals surface area contributed by atoms with Gasteiger partial charge in [-0.2, -0.15) is 5.06 Å². The van der Waals surface area contributed by atoms with E-state index in [4.69, 9.17) is 4.84 Å². The highest BCUT2D eigenvalue weighted by atomic mass is 16.7. The van der Waals surface area contributed by atoms with Gasteiger partial charge in [0.15, 0.2) is 0 Å². The highest BCUT2D eigenvalue weighted by Crippen LogP contribution is 2.41. The number of rotatable bonds is 3. The first-order valence-electron chi connectivity index (χ1n) is 7.38. The molecule has 2 fully saturated rings. The maximum atomic E-state index is 6.21. The van der Waals surface area contributed by atoms with Crippen LogP contribution in [0.25, 0.3) is 0 Å². The van der Waals surface area contributed by atoms with E-state index in [-0.39, 0.29) is 0 Å². The Hall–Kier alpha value is -0.860. The van der Waals surface area contributed by atoms with Crippen LogP contribution in [0.2, 0.25) is 0 Å².